The third-order valence-electron chi connectivity index (χ3n) is 4.30. The first-order chi connectivity index (χ1) is 13.6. The predicted octanol–water partition coefficient (Wildman–Crippen LogP) is 2.44. The average molecular weight is 379 g/mol. The minimum atomic E-state index is -0.508. The van der Waals surface area contributed by atoms with Gasteiger partial charge in [0, 0.05) is 0 Å². The van der Waals surface area contributed by atoms with Crippen LogP contribution in [0.15, 0.2) is 48.5 Å². The van der Waals surface area contributed by atoms with Crippen molar-refractivity contribution in [3.8, 4) is 17.2 Å². The molecule has 0 saturated heterocycles. The lowest BCUT2D eigenvalue weighted by Gasteiger charge is -2.08. The van der Waals surface area contributed by atoms with Crippen molar-refractivity contribution in [3.63, 3.8) is 0 Å². The summed E-state index contributed by atoms with van der Waals surface area (Å²) in [4.78, 5) is 13.2. The van der Waals surface area contributed by atoms with E-state index in [1.165, 1.54) is 11.9 Å². The van der Waals surface area contributed by atoms with Gasteiger partial charge in [-0.05, 0) is 47.2 Å². The first-order valence-electron chi connectivity index (χ1n) is 8.56. The van der Waals surface area contributed by atoms with E-state index >= 15 is 0 Å². The highest BCUT2D eigenvalue weighted by Gasteiger charge is 2.16. The van der Waals surface area contributed by atoms with Crippen molar-refractivity contribution in [1.29, 1.82) is 0 Å². The van der Waals surface area contributed by atoms with E-state index in [1.54, 1.807) is 42.5 Å². The molecular formula is C20H17N3O5. The van der Waals surface area contributed by atoms with Crippen LogP contribution in [0.5, 0.6) is 11.5 Å². The molecule has 0 radical (unpaired) electrons. The number of carbonyl (C=O) groups excluding carboxylic acids is 1. The van der Waals surface area contributed by atoms with E-state index in [2.05, 4.69) is 10.2 Å². The molecule has 0 aliphatic heterocycles. The molecule has 28 heavy (non-hydrogen) atoms. The lowest BCUT2D eigenvalue weighted by Crippen LogP contribution is -2.03. The summed E-state index contributed by atoms with van der Waals surface area (Å²) in [5.74, 6) is 0.0901. The molecule has 1 aromatic heterocycles. The number of phenolic OH excluding ortho intramolecular Hbond substituents is 1. The molecule has 8 nitrogen and oxygen atoms in total. The summed E-state index contributed by atoms with van der Waals surface area (Å²) in [6.45, 7) is 0.115. The summed E-state index contributed by atoms with van der Waals surface area (Å²) < 4.78 is 10.2. The van der Waals surface area contributed by atoms with Crippen molar-refractivity contribution >= 4 is 27.8 Å². The number of aliphatic hydroxyl groups excluding tert-OH is 1. The second kappa shape index (κ2) is 7.16. The van der Waals surface area contributed by atoms with E-state index in [0.29, 0.717) is 28.0 Å². The van der Waals surface area contributed by atoms with E-state index in [1.807, 2.05) is 6.07 Å². The van der Waals surface area contributed by atoms with Crippen LogP contribution in [0.3, 0.4) is 0 Å². The highest BCUT2D eigenvalue weighted by molar-refractivity contribution is 6.01. The van der Waals surface area contributed by atoms with E-state index in [4.69, 9.17) is 14.6 Å². The average Bonchev–Trinajstić information content (AvgIpc) is 3.15. The normalized spacial score (nSPS) is 11.1. The van der Waals surface area contributed by atoms with Gasteiger partial charge in [0.25, 0.3) is 0 Å². The molecule has 0 fully saturated rings. The molecule has 2 N–H and O–H groups in total. The van der Waals surface area contributed by atoms with Crippen molar-refractivity contribution in [3.05, 3.63) is 54.1 Å². The maximum absolute atomic E-state index is 12.0. The Bertz CT molecular complexity index is 1190. The second-order valence-electron chi connectivity index (χ2n) is 6.08. The Morgan fingerprint density at radius 2 is 1.96 bits per heavy atom. The number of fused-ring (bicyclic) bond motifs is 2. The highest BCUT2D eigenvalue weighted by Crippen LogP contribution is 2.30. The van der Waals surface area contributed by atoms with Crippen LogP contribution in [0, 0.1) is 0 Å². The lowest BCUT2D eigenvalue weighted by molar-refractivity contribution is 0.0602. The van der Waals surface area contributed by atoms with Crippen molar-refractivity contribution in [2.75, 3.05) is 20.3 Å². The summed E-state index contributed by atoms with van der Waals surface area (Å²) in [5.41, 5.74) is 1.54. The van der Waals surface area contributed by atoms with Gasteiger partial charge in [-0.2, -0.15) is 0 Å². The van der Waals surface area contributed by atoms with E-state index in [-0.39, 0.29) is 19.0 Å². The Labute approximate surface area is 159 Å². The van der Waals surface area contributed by atoms with Gasteiger partial charge >= 0.3 is 5.97 Å². The summed E-state index contributed by atoms with van der Waals surface area (Å²) in [7, 11) is 1.30. The van der Waals surface area contributed by atoms with Gasteiger partial charge < -0.3 is 19.7 Å². The Morgan fingerprint density at radius 1 is 1.11 bits per heavy atom. The Morgan fingerprint density at radius 3 is 2.75 bits per heavy atom. The minimum absolute atomic E-state index is 0.00329. The van der Waals surface area contributed by atoms with Crippen molar-refractivity contribution in [2.45, 2.75) is 0 Å². The lowest BCUT2D eigenvalue weighted by atomic mass is 10.1. The first-order valence-corrected chi connectivity index (χ1v) is 8.56. The molecule has 4 rings (SSSR count). The number of hydrogen-bond donors (Lipinski definition) is 2. The number of ether oxygens (including phenoxy) is 2. The Balaban J connectivity index is 1.83. The van der Waals surface area contributed by atoms with Crippen LogP contribution >= 0.6 is 0 Å². The van der Waals surface area contributed by atoms with Crippen LogP contribution in [0.25, 0.3) is 27.5 Å². The molecule has 0 bridgehead atoms. The summed E-state index contributed by atoms with van der Waals surface area (Å²) in [6.07, 6.45) is 0. The molecule has 0 aliphatic rings. The smallest absolute Gasteiger partial charge is 0.340 e. The van der Waals surface area contributed by atoms with Crippen LogP contribution in [-0.2, 0) is 4.74 Å². The maximum atomic E-state index is 12.0. The minimum Gasteiger partial charge on any atom is -0.506 e. The van der Waals surface area contributed by atoms with Gasteiger partial charge in [-0.15, -0.1) is 15.0 Å². The van der Waals surface area contributed by atoms with Crippen molar-refractivity contribution in [1.82, 2.24) is 15.0 Å². The molecule has 0 aliphatic carbocycles. The summed E-state index contributed by atoms with van der Waals surface area (Å²) in [6, 6.07) is 13.7. The second-order valence-corrected chi connectivity index (χ2v) is 6.08. The molecule has 8 heteroatoms. The van der Waals surface area contributed by atoms with Gasteiger partial charge in [0.05, 0.1) is 19.3 Å². The molecule has 142 valence electrons. The van der Waals surface area contributed by atoms with E-state index in [9.17, 15) is 9.90 Å². The molecule has 0 unspecified atom stereocenters. The maximum Gasteiger partial charge on any atom is 0.340 e. The highest BCUT2D eigenvalue weighted by atomic mass is 16.5. The van der Waals surface area contributed by atoms with Crippen LogP contribution in [0.4, 0.5) is 0 Å². The number of phenols is 1. The zero-order valence-corrected chi connectivity index (χ0v) is 15.0. The summed E-state index contributed by atoms with van der Waals surface area (Å²) >= 11 is 0. The van der Waals surface area contributed by atoms with Gasteiger partial charge in [0.1, 0.15) is 34.8 Å². The van der Waals surface area contributed by atoms with Crippen LogP contribution < -0.4 is 4.74 Å². The fourth-order valence-corrected chi connectivity index (χ4v) is 2.98. The van der Waals surface area contributed by atoms with Crippen LogP contribution in [0.1, 0.15) is 10.4 Å². The predicted molar refractivity (Wildman–Crippen MR) is 102 cm³/mol. The third-order valence-corrected chi connectivity index (χ3v) is 4.30. The Hall–Kier alpha value is -3.65. The number of esters is 1. The number of aromatic nitrogens is 3. The van der Waals surface area contributed by atoms with Gasteiger partial charge in [-0.1, -0.05) is 12.1 Å². The van der Waals surface area contributed by atoms with Gasteiger partial charge in [-0.3, -0.25) is 0 Å². The first kappa shape index (κ1) is 17.7. The number of nitrogens with zero attached hydrogens (tertiary/aromatic N) is 3. The monoisotopic (exact) mass is 379 g/mol. The van der Waals surface area contributed by atoms with Crippen LogP contribution in [-0.4, -0.2) is 51.5 Å². The fourth-order valence-electron chi connectivity index (χ4n) is 2.98. The molecule has 0 saturated carbocycles. The number of benzene rings is 3. The molecule has 0 atom stereocenters. The number of carbonyl (C=O) groups is 1. The number of aliphatic hydroxyl groups is 1. The molecule has 3 aromatic carbocycles. The van der Waals surface area contributed by atoms with Gasteiger partial charge in [0.15, 0.2) is 0 Å². The molecule has 1 heterocycles. The van der Waals surface area contributed by atoms with Gasteiger partial charge in [0.2, 0.25) is 0 Å². The molecular weight excluding hydrogens is 362 g/mol. The number of hydrogen-bond acceptors (Lipinski definition) is 7. The van der Waals surface area contributed by atoms with Crippen molar-refractivity contribution in [2.24, 2.45) is 0 Å². The standard InChI is InChI=1S/C20H17N3O5/c1-27-20(26)15-3-2-4-16-19(15)22-23(21-16)17-10-13-9-14(28-8-7-24)6-5-12(13)11-18(17)25/h2-6,9-11,24-25H,7-8H2,1H3. The Kier molecular flexibility index (Phi) is 4.54. The number of aromatic hydroxyl groups is 1. The fraction of sp³-hybridized carbons (Fsp3) is 0.150. The summed E-state index contributed by atoms with van der Waals surface area (Å²) in [5, 5.41) is 29.7. The largest absolute Gasteiger partial charge is 0.506 e. The van der Waals surface area contributed by atoms with E-state index in [0.717, 1.165) is 10.8 Å². The topological polar surface area (TPSA) is 107 Å². The number of rotatable bonds is 5. The zero-order valence-electron chi connectivity index (χ0n) is 15.0. The van der Waals surface area contributed by atoms with Crippen molar-refractivity contribution < 1.29 is 24.5 Å². The SMILES string of the molecule is COC(=O)c1cccc2nn(-c3cc4cc(OCCO)ccc4cc3O)nc12. The number of methoxy groups -OCH3 is 1. The van der Waals surface area contributed by atoms with Gasteiger partial charge in [-0.25, -0.2) is 4.79 Å². The van der Waals surface area contributed by atoms with Crippen LogP contribution in [0.2, 0.25) is 0 Å². The van der Waals surface area contributed by atoms with E-state index < -0.39 is 5.97 Å². The molecule has 4 aromatic rings. The third kappa shape index (κ3) is 3.10. The molecule has 0 spiro atoms. The quantitative estimate of drug-likeness (QED) is 0.513. The zero-order chi connectivity index (χ0) is 19.7. The molecule has 0 amide bonds.